The summed E-state index contributed by atoms with van der Waals surface area (Å²) in [7, 11) is 0. The average molecular weight is 243 g/mol. The Morgan fingerprint density at radius 1 is 0.882 bits per heavy atom. The molecule has 0 heterocycles. The third-order valence-electron chi connectivity index (χ3n) is 3.08. The molecule has 0 spiro atoms. The molecule has 2 aromatic rings. The van der Waals surface area contributed by atoms with Crippen LogP contribution < -0.4 is 0 Å². The molecule has 0 saturated heterocycles. The molecular weight excluding hydrogens is 232 g/mol. The van der Waals surface area contributed by atoms with Gasteiger partial charge in [-0.3, -0.25) is 0 Å². The molecule has 1 aliphatic rings. The van der Waals surface area contributed by atoms with Gasteiger partial charge >= 0.3 is 0 Å². The molecule has 3 rings (SSSR count). The first kappa shape index (κ1) is 10.6. The Morgan fingerprint density at radius 3 is 2.41 bits per heavy atom. The first-order chi connectivity index (χ1) is 8.25. The molecule has 1 atom stereocenters. The van der Waals surface area contributed by atoms with E-state index in [1.165, 1.54) is 0 Å². The highest BCUT2D eigenvalue weighted by Crippen LogP contribution is 2.33. The van der Waals surface area contributed by atoms with Crippen molar-refractivity contribution in [3.05, 3.63) is 69.7 Å². The van der Waals surface area contributed by atoms with Gasteiger partial charge in [-0.1, -0.05) is 54.1 Å². The van der Waals surface area contributed by atoms with Gasteiger partial charge in [0.05, 0.1) is 0 Å². The Morgan fingerprint density at radius 2 is 1.59 bits per heavy atom. The van der Waals surface area contributed by atoms with Crippen LogP contribution in [0, 0.1) is 0 Å². The predicted molar refractivity (Wildman–Crippen MR) is 70.9 cm³/mol. The molecule has 1 unspecified atom stereocenters. The number of halogens is 1. The first-order valence-corrected chi connectivity index (χ1v) is 5.88. The zero-order valence-electron chi connectivity index (χ0n) is 9.10. The van der Waals surface area contributed by atoms with Crippen molar-refractivity contribution in [1.82, 2.24) is 0 Å². The van der Waals surface area contributed by atoms with Gasteiger partial charge in [-0.25, -0.2) is 0 Å². The van der Waals surface area contributed by atoms with Crippen molar-refractivity contribution in [2.45, 2.75) is 6.10 Å². The average Bonchev–Trinajstić information content (AvgIpc) is 2.49. The molecule has 1 aliphatic carbocycles. The van der Waals surface area contributed by atoms with Crippen molar-refractivity contribution < 1.29 is 5.11 Å². The summed E-state index contributed by atoms with van der Waals surface area (Å²) in [6.07, 6.45) is 3.42. The molecule has 0 bridgehead atoms. The number of benzene rings is 2. The van der Waals surface area contributed by atoms with Crippen LogP contribution in [0.2, 0.25) is 5.02 Å². The third-order valence-corrected chi connectivity index (χ3v) is 3.31. The molecule has 1 N–H and O–H groups in total. The Labute approximate surface area is 105 Å². The fourth-order valence-corrected chi connectivity index (χ4v) is 2.37. The van der Waals surface area contributed by atoms with Gasteiger partial charge in [0.25, 0.3) is 0 Å². The summed E-state index contributed by atoms with van der Waals surface area (Å²) in [5.41, 5.74) is 3.84. The summed E-state index contributed by atoms with van der Waals surface area (Å²) in [5, 5.41) is 11.1. The van der Waals surface area contributed by atoms with E-state index in [2.05, 4.69) is 0 Å². The zero-order valence-corrected chi connectivity index (χ0v) is 9.85. The van der Waals surface area contributed by atoms with Crippen molar-refractivity contribution >= 4 is 23.8 Å². The van der Waals surface area contributed by atoms with Crippen molar-refractivity contribution in [1.29, 1.82) is 0 Å². The Kier molecular flexibility index (Phi) is 2.50. The van der Waals surface area contributed by atoms with E-state index < -0.39 is 6.10 Å². The van der Waals surface area contributed by atoms with Crippen molar-refractivity contribution in [3.63, 3.8) is 0 Å². The van der Waals surface area contributed by atoms with Crippen LogP contribution in [0.3, 0.4) is 0 Å². The SMILES string of the molecule is OC1c2ccccc2C=Cc2ccc(Cl)cc21. The third kappa shape index (κ3) is 1.78. The molecule has 0 saturated carbocycles. The normalized spacial score (nSPS) is 17.2. The lowest BCUT2D eigenvalue weighted by atomic mass is 9.97. The van der Waals surface area contributed by atoms with Gasteiger partial charge in [-0.05, 0) is 34.4 Å². The molecule has 2 heteroatoms. The van der Waals surface area contributed by atoms with E-state index in [9.17, 15) is 5.11 Å². The lowest BCUT2D eigenvalue weighted by molar-refractivity contribution is 0.220. The van der Waals surface area contributed by atoms with E-state index in [4.69, 9.17) is 11.6 Å². The van der Waals surface area contributed by atoms with Gasteiger partial charge in [-0.15, -0.1) is 0 Å². The topological polar surface area (TPSA) is 20.2 Å². The lowest BCUT2D eigenvalue weighted by Gasteiger charge is -2.14. The maximum atomic E-state index is 10.4. The van der Waals surface area contributed by atoms with E-state index >= 15 is 0 Å². The lowest BCUT2D eigenvalue weighted by Crippen LogP contribution is -2.02. The van der Waals surface area contributed by atoms with Crippen LogP contribution in [0.15, 0.2) is 42.5 Å². The second kappa shape index (κ2) is 4.02. The number of aliphatic hydroxyl groups excluding tert-OH is 1. The quantitative estimate of drug-likeness (QED) is 0.743. The van der Waals surface area contributed by atoms with Crippen LogP contribution in [0.25, 0.3) is 12.2 Å². The highest BCUT2D eigenvalue weighted by Gasteiger charge is 2.18. The van der Waals surface area contributed by atoms with Gasteiger partial charge < -0.3 is 5.11 Å². The summed E-state index contributed by atoms with van der Waals surface area (Å²) in [6, 6.07) is 13.5. The highest BCUT2D eigenvalue weighted by molar-refractivity contribution is 6.30. The monoisotopic (exact) mass is 242 g/mol. The minimum atomic E-state index is -0.616. The number of fused-ring (bicyclic) bond motifs is 2. The molecule has 1 nitrogen and oxygen atoms in total. The van der Waals surface area contributed by atoms with Crippen LogP contribution in [0.1, 0.15) is 28.4 Å². The second-order valence-electron chi connectivity index (χ2n) is 4.14. The molecule has 0 fully saturated rings. The zero-order chi connectivity index (χ0) is 11.8. The molecule has 0 radical (unpaired) electrons. The summed E-state index contributed by atoms with van der Waals surface area (Å²) in [4.78, 5) is 0. The number of rotatable bonds is 0. The van der Waals surface area contributed by atoms with Gasteiger partial charge in [0.1, 0.15) is 6.10 Å². The van der Waals surface area contributed by atoms with E-state index in [-0.39, 0.29) is 0 Å². The molecular formula is C15H11ClO. The predicted octanol–water partition coefficient (Wildman–Crippen LogP) is 3.91. The molecule has 17 heavy (non-hydrogen) atoms. The van der Waals surface area contributed by atoms with Crippen LogP contribution in [-0.4, -0.2) is 5.11 Å². The summed E-state index contributed by atoms with van der Waals surface area (Å²) in [5.74, 6) is 0. The van der Waals surface area contributed by atoms with Crippen molar-refractivity contribution in [3.8, 4) is 0 Å². The minimum absolute atomic E-state index is 0.616. The van der Waals surface area contributed by atoms with Crippen LogP contribution in [-0.2, 0) is 0 Å². The minimum Gasteiger partial charge on any atom is -0.384 e. The number of hydrogen-bond acceptors (Lipinski definition) is 1. The Bertz CT molecular complexity index is 602. The van der Waals surface area contributed by atoms with Crippen LogP contribution in [0.5, 0.6) is 0 Å². The van der Waals surface area contributed by atoms with Crippen molar-refractivity contribution in [2.75, 3.05) is 0 Å². The maximum Gasteiger partial charge on any atom is 0.105 e. The molecule has 0 aromatic heterocycles. The number of aliphatic hydroxyl groups is 1. The van der Waals surface area contributed by atoms with Gasteiger partial charge in [0.15, 0.2) is 0 Å². The molecule has 84 valence electrons. The number of hydrogen-bond donors (Lipinski definition) is 1. The van der Waals surface area contributed by atoms with E-state index in [1.54, 1.807) is 0 Å². The largest absolute Gasteiger partial charge is 0.384 e. The van der Waals surface area contributed by atoms with Gasteiger partial charge in [0, 0.05) is 5.02 Å². The second-order valence-corrected chi connectivity index (χ2v) is 4.57. The summed E-state index contributed by atoms with van der Waals surface area (Å²) in [6.45, 7) is 0. The maximum absolute atomic E-state index is 10.4. The Hall–Kier alpha value is -1.57. The Balaban J connectivity index is 2.25. The molecule has 0 aliphatic heterocycles. The van der Waals surface area contributed by atoms with Crippen molar-refractivity contribution in [2.24, 2.45) is 0 Å². The van der Waals surface area contributed by atoms with Crippen LogP contribution >= 0.6 is 11.6 Å². The molecule has 0 amide bonds. The summed E-state index contributed by atoms with van der Waals surface area (Å²) < 4.78 is 0. The van der Waals surface area contributed by atoms with E-state index in [0.29, 0.717) is 5.02 Å². The smallest absolute Gasteiger partial charge is 0.105 e. The molecule has 2 aromatic carbocycles. The summed E-state index contributed by atoms with van der Waals surface area (Å²) >= 11 is 5.99. The fourth-order valence-electron chi connectivity index (χ4n) is 2.19. The standard InChI is InChI=1S/C15H11ClO/c16-12-8-7-11-6-5-10-3-1-2-4-13(10)15(17)14(11)9-12/h1-9,15,17H. The van der Waals surface area contributed by atoms with E-state index in [0.717, 1.165) is 22.3 Å². The van der Waals surface area contributed by atoms with Gasteiger partial charge in [-0.2, -0.15) is 0 Å². The van der Waals surface area contributed by atoms with E-state index in [1.807, 2.05) is 54.6 Å². The highest BCUT2D eigenvalue weighted by atomic mass is 35.5. The van der Waals surface area contributed by atoms with Crippen LogP contribution in [0.4, 0.5) is 0 Å². The van der Waals surface area contributed by atoms with Gasteiger partial charge in [0.2, 0.25) is 0 Å². The first-order valence-electron chi connectivity index (χ1n) is 5.50. The fraction of sp³-hybridized carbons (Fsp3) is 0.0667.